The Hall–Kier alpha value is -3.75. The van der Waals surface area contributed by atoms with Crippen molar-refractivity contribution in [3.63, 3.8) is 0 Å². The predicted molar refractivity (Wildman–Crippen MR) is 193 cm³/mol. The van der Waals surface area contributed by atoms with E-state index in [4.69, 9.17) is 25.8 Å². The van der Waals surface area contributed by atoms with Crippen molar-refractivity contribution in [2.24, 2.45) is 5.92 Å². The van der Waals surface area contributed by atoms with E-state index in [2.05, 4.69) is 29.4 Å². The molecule has 258 valence electrons. The number of carbonyl (C=O) groups excluding carboxylic acids is 2. The number of hydrogen-bond donors (Lipinski definition) is 1. The zero-order valence-corrected chi connectivity index (χ0v) is 30.1. The van der Waals surface area contributed by atoms with Crippen LogP contribution in [0.5, 0.6) is 11.5 Å². The quantitative estimate of drug-likeness (QED) is 0.208. The number of anilines is 2. The van der Waals surface area contributed by atoms with Crippen LogP contribution in [0.3, 0.4) is 0 Å². The topological polar surface area (TPSA) is 80.3 Å². The molecule has 1 fully saturated rings. The lowest BCUT2D eigenvalue weighted by Gasteiger charge is -2.38. The largest absolute Gasteiger partial charge is 0.493 e. The number of hydrogen-bond acceptors (Lipinski definition) is 7. The lowest BCUT2D eigenvalue weighted by molar-refractivity contribution is -0.153. The first-order valence-electron chi connectivity index (χ1n) is 17.0. The van der Waals surface area contributed by atoms with Crippen molar-refractivity contribution in [1.29, 1.82) is 0 Å². The molecule has 0 radical (unpaired) electrons. The van der Waals surface area contributed by atoms with Gasteiger partial charge < -0.3 is 29.3 Å². The third kappa shape index (κ3) is 8.83. The second-order valence-electron chi connectivity index (χ2n) is 14.3. The number of halogens is 1. The van der Waals surface area contributed by atoms with Crippen LogP contribution in [0.4, 0.5) is 11.4 Å². The Kier molecular flexibility index (Phi) is 11.3. The molecular weight excluding hydrogens is 626 g/mol. The number of rotatable bonds is 11. The van der Waals surface area contributed by atoms with Crippen molar-refractivity contribution in [2.45, 2.75) is 90.5 Å². The molecule has 1 aliphatic heterocycles. The van der Waals surface area contributed by atoms with Gasteiger partial charge in [-0.25, -0.2) is 0 Å². The number of amides is 1. The number of carbonyl (C=O) groups is 2. The number of methoxy groups -OCH3 is 1. The van der Waals surface area contributed by atoms with Gasteiger partial charge in [-0.2, -0.15) is 0 Å². The van der Waals surface area contributed by atoms with E-state index < -0.39 is 5.60 Å². The van der Waals surface area contributed by atoms with E-state index in [1.807, 2.05) is 88.0 Å². The Balaban J connectivity index is 1.30. The molecule has 48 heavy (non-hydrogen) atoms. The predicted octanol–water partition coefficient (Wildman–Crippen LogP) is 7.74. The van der Waals surface area contributed by atoms with Crippen LogP contribution in [-0.2, 0) is 20.7 Å². The van der Waals surface area contributed by atoms with Gasteiger partial charge in [0.2, 0.25) is 5.91 Å². The fraction of sp³-hybridized carbons (Fsp3) is 0.487. The van der Waals surface area contributed by atoms with Gasteiger partial charge in [0.25, 0.3) is 0 Å². The summed E-state index contributed by atoms with van der Waals surface area (Å²) < 4.78 is 17.2. The molecule has 1 amide bonds. The Bertz CT molecular complexity index is 1560. The molecule has 3 aromatic rings. The Morgan fingerprint density at radius 2 is 1.67 bits per heavy atom. The molecule has 5 rings (SSSR count). The zero-order valence-electron chi connectivity index (χ0n) is 29.3. The van der Waals surface area contributed by atoms with Gasteiger partial charge in [0.15, 0.2) is 11.5 Å². The first-order chi connectivity index (χ1) is 22.8. The van der Waals surface area contributed by atoms with Gasteiger partial charge in [-0.05, 0) is 131 Å². The summed E-state index contributed by atoms with van der Waals surface area (Å²) in [6.07, 6.45) is 4.52. The summed E-state index contributed by atoms with van der Waals surface area (Å²) in [6, 6.07) is 19.9. The molecular formula is C39H50ClN3O5. The highest BCUT2D eigenvalue weighted by molar-refractivity contribution is 6.30. The summed E-state index contributed by atoms with van der Waals surface area (Å²) in [5.41, 5.74) is 4.37. The second-order valence-corrected chi connectivity index (χ2v) is 14.8. The van der Waals surface area contributed by atoms with Crippen LogP contribution >= 0.6 is 11.6 Å². The monoisotopic (exact) mass is 675 g/mol. The molecule has 0 spiro atoms. The maximum Gasteiger partial charge on any atom is 0.320 e. The molecule has 1 aliphatic carbocycles. The van der Waals surface area contributed by atoms with E-state index in [1.54, 1.807) is 7.11 Å². The number of fused-ring (bicyclic) bond motifs is 1. The number of nitrogens with one attached hydrogen (secondary N) is 1. The van der Waals surface area contributed by atoms with Crippen LogP contribution in [0.1, 0.15) is 83.0 Å². The van der Waals surface area contributed by atoms with Crippen LogP contribution in [0.25, 0.3) is 0 Å². The van der Waals surface area contributed by atoms with Gasteiger partial charge in [-0.3, -0.25) is 9.59 Å². The van der Waals surface area contributed by atoms with Crippen molar-refractivity contribution >= 4 is 34.9 Å². The molecule has 8 nitrogen and oxygen atoms in total. The molecule has 1 heterocycles. The normalized spacial score (nSPS) is 19.6. The average Bonchev–Trinajstić information content (AvgIpc) is 3.03. The van der Waals surface area contributed by atoms with Crippen molar-refractivity contribution in [3.8, 4) is 11.5 Å². The first kappa shape index (κ1) is 35.6. The van der Waals surface area contributed by atoms with E-state index in [1.165, 1.54) is 0 Å². The van der Waals surface area contributed by atoms with Gasteiger partial charge in [0.05, 0.1) is 32.2 Å². The minimum Gasteiger partial charge on any atom is -0.493 e. The fourth-order valence-electron chi connectivity index (χ4n) is 6.84. The maximum atomic E-state index is 13.9. The van der Waals surface area contributed by atoms with Crippen molar-refractivity contribution in [3.05, 3.63) is 82.4 Å². The highest BCUT2D eigenvalue weighted by Gasteiger charge is 2.36. The third-order valence-electron chi connectivity index (χ3n) is 9.04. The third-order valence-corrected chi connectivity index (χ3v) is 9.29. The minimum absolute atomic E-state index is 0.0140. The van der Waals surface area contributed by atoms with Gasteiger partial charge in [-0.15, -0.1) is 0 Å². The summed E-state index contributed by atoms with van der Waals surface area (Å²) in [5, 5.41) is 4.03. The van der Waals surface area contributed by atoms with E-state index in [9.17, 15) is 9.59 Å². The van der Waals surface area contributed by atoms with E-state index in [-0.39, 0.29) is 37.0 Å². The summed E-state index contributed by atoms with van der Waals surface area (Å²) in [4.78, 5) is 30.2. The molecule has 0 aromatic heterocycles. The summed E-state index contributed by atoms with van der Waals surface area (Å²) in [7, 11) is 3.75. The average molecular weight is 676 g/mol. The molecule has 0 bridgehead atoms. The highest BCUT2D eigenvalue weighted by atomic mass is 35.5. The van der Waals surface area contributed by atoms with E-state index in [0.29, 0.717) is 28.5 Å². The van der Waals surface area contributed by atoms with Gasteiger partial charge in [-0.1, -0.05) is 23.7 Å². The lowest BCUT2D eigenvalue weighted by Crippen LogP contribution is -2.41. The molecule has 3 aromatic carbocycles. The van der Waals surface area contributed by atoms with Crippen LogP contribution in [0, 0.1) is 5.92 Å². The fourth-order valence-corrected chi connectivity index (χ4v) is 6.97. The number of benzene rings is 3. The van der Waals surface area contributed by atoms with Crippen molar-refractivity contribution < 1.29 is 23.8 Å². The van der Waals surface area contributed by atoms with Crippen LogP contribution in [0.2, 0.25) is 5.02 Å². The summed E-state index contributed by atoms with van der Waals surface area (Å²) >= 11 is 6.28. The van der Waals surface area contributed by atoms with Crippen LogP contribution in [0.15, 0.2) is 60.7 Å². The van der Waals surface area contributed by atoms with Crippen LogP contribution < -0.4 is 24.6 Å². The van der Waals surface area contributed by atoms with Crippen molar-refractivity contribution in [2.75, 3.05) is 37.0 Å². The van der Waals surface area contributed by atoms with Crippen molar-refractivity contribution in [1.82, 2.24) is 5.32 Å². The Morgan fingerprint density at radius 1 is 1.00 bits per heavy atom. The molecule has 1 N–H and O–H groups in total. The van der Waals surface area contributed by atoms with E-state index in [0.717, 1.165) is 60.3 Å². The molecule has 1 atom stereocenters. The van der Waals surface area contributed by atoms with E-state index >= 15 is 0 Å². The summed E-state index contributed by atoms with van der Waals surface area (Å²) in [5.74, 6) is 1.66. The lowest BCUT2D eigenvalue weighted by atomic mass is 9.85. The number of esters is 1. The summed E-state index contributed by atoms with van der Waals surface area (Å²) in [6.45, 7) is 10.8. The smallest absolute Gasteiger partial charge is 0.320 e. The number of ether oxygens (including phenoxy) is 3. The molecule has 1 unspecified atom stereocenters. The van der Waals surface area contributed by atoms with Gasteiger partial charge in [0.1, 0.15) is 5.60 Å². The Labute approximate surface area is 290 Å². The SMILES string of the molecule is COc1cc2c(cc1OC(C)C)C(c1ccc(Cl)cc1)N(c1ccc(N(C)CC3CCC(NCC(=O)OC(C)(C)C)CC3)cc1)C(=O)C2. The molecule has 2 aliphatic rings. The zero-order chi connectivity index (χ0) is 34.6. The number of nitrogens with zero attached hydrogens (tertiary/aromatic N) is 2. The minimum atomic E-state index is -0.465. The standard InChI is InChI=1S/C39H50ClN3O5/c1-25(2)47-35-22-33-28(20-34(35)46-7)21-36(44)43(38(33)27-10-12-29(40)13-11-27)32-18-16-31(17-19-32)42(6)24-26-8-14-30(15-9-26)41-23-37(45)48-39(3,4)5/h10-13,16-20,22,25-26,30,38,41H,8-9,14-15,21,23-24H2,1-7H3. The molecule has 0 saturated heterocycles. The highest BCUT2D eigenvalue weighted by Crippen LogP contribution is 2.44. The van der Waals surface area contributed by atoms with Gasteiger partial charge >= 0.3 is 5.97 Å². The first-order valence-corrected chi connectivity index (χ1v) is 17.4. The molecule has 9 heteroatoms. The molecule has 1 saturated carbocycles. The Morgan fingerprint density at radius 3 is 2.27 bits per heavy atom. The second kappa shape index (κ2) is 15.2. The van der Waals surface area contributed by atoms with Gasteiger partial charge in [0, 0.05) is 36.0 Å². The maximum absolute atomic E-state index is 13.9. The van der Waals surface area contributed by atoms with Crippen LogP contribution in [-0.4, -0.2) is 56.9 Å².